The van der Waals surface area contributed by atoms with Gasteiger partial charge < -0.3 is 4.74 Å². The normalized spacial score (nSPS) is 10.2. The predicted octanol–water partition coefficient (Wildman–Crippen LogP) is 1.70. The maximum absolute atomic E-state index is 11.0. The molecule has 0 atom stereocenters. The lowest BCUT2D eigenvalue weighted by molar-refractivity contribution is -0.384. The molecule has 0 spiro atoms. The quantitative estimate of drug-likeness (QED) is 0.261. The van der Waals surface area contributed by atoms with E-state index in [-0.39, 0.29) is 5.69 Å². The van der Waals surface area contributed by atoms with Crippen molar-refractivity contribution in [1.82, 2.24) is 0 Å². The Labute approximate surface area is 96.7 Å². The Morgan fingerprint density at radius 1 is 1.41 bits per heavy atom. The van der Waals surface area contributed by atoms with Crippen molar-refractivity contribution >= 4 is 23.7 Å². The number of benzene rings is 1. The fourth-order valence-electron chi connectivity index (χ4n) is 1.08. The van der Waals surface area contributed by atoms with Crippen LogP contribution in [0.25, 0.3) is 6.08 Å². The van der Waals surface area contributed by atoms with Gasteiger partial charge in [0, 0.05) is 25.1 Å². The zero-order valence-corrected chi connectivity index (χ0v) is 8.95. The molecule has 0 heterocycles. The number of nitro groups is 1. The van der Waals surface area contributed by atoms with Crippen molar-refractivity contribution in [2.75, 3.05) is 0 Å². The van der Waals surface area contributed by atoms with Gasteiger partial charge >= 0.3 is 11.9 Å². The minimum Gasteiger partial charge on any atom is -0.390 e. The summed E-state index contributed by atoms with van der Waals surface area (Å²) in [4.78, 5) is 31.4. The molecule has 0 amide bonds. The van der Waals surface area contributed by atoms with Crippen molar-refractivity contribution < 1.29 is 19.2 Å². The molecule has 0 bridgehead atoms. The third kappa shape index (κ3) is 4.25. The molecule has 17 heavy (non-hydrogen) atoms. The van der Waals surface area contributed by atoms with E-state index in [4.69, 9.17) is 0 Å². The van der Waals surface area contributed by atoms with Gasteiger partial charge in [-0.1, -0.05) is 12.1 Å². The van der Waals surface area contributed by atoms with E-state index in [1.165, 1.54) is 24.3 Å². The molecule has 0 aliphatic carbocycles. The highest BCUT2D eigenvalue weighted by atomic mass is 16.6. The molecule has 88 valence electrons. The van der Waals surface area contributed by atoms with Gasteiger partial charge in [-0.15, -0.1) is 0 Å². The number of carbonyl (C=O) groups is 2. The molecule has 0 aliphatic rings. The van der Waals surface area contributed by atoms with Gasteiger partial charge in [-0.05, 0) is 11.6 Å². The fraction of sp³-hybridized carbons (Fsp3) is 0.0909. The number of ether oxygens (including phenoxy) is 1. The van der Waals surface area contributed by atoms with E-state index in [0.717, 1.165) is 13.0 Å². The number of rotatable bonds is 3. The first-order valence-corrected chi connectivity index (χ1v) is 4.64. The van der Waals surface area contributed by atoms with Crippen molar-refractivity contribution in [2.24, 2.45) is 0 Å². The van der Waals surface area contributed by atoms with Gasteiger partial charge in [0.1, 0.15) is 0 Å². The second-order valence-corrected chi connectivity index (χ2v) is 3.10. The molecule has 6 nitrogen and oxygen atoms in total. The summed E-state index contributed by atoms with van der Waals surface area (Å²) in [5.41, 5.74) is 0.395. The summed E-state index contributed by atoms with van der Waals surface area (Å²) in [7, 11) is 0. The standard InChI is InChI=1S/C11H9NO5/c1-8(13)17-11(14)6-5-9-3-2-4-10(7-9)12(15)16/h2-7H,1H3. The van der Waals surface area contributed by atoms with Gasteiger partial charge in [-0.25, -0.2) is 4.79 Å². The topological polar surface area (TPSA) is 86.5 Å². The molecule has 6 heteroatoms. The first-order valence-electron chi connectivity index (χ1n) is 4.64. The number of nitro benzene ring substituents is 1. The van der Waals surface area contributed by atoms with Gasteiger partial charge in [0.05, 0.1) is 4.92 Å². The van der Waals surface area contributed by atoms with Gasteiger partial charge in [0.2, 0.25) is 0 Å². The van der Waals surface area contributed by atoms with Crippen LogP contribution in [0.3, 0.4) is 0 Å². The average molecular weight is 235 g/mol. The van der Waals surface area contributed by atoms with Crippen molar-refractivity contribution in [3.8, 4) is 0 Å². The van der Waals surface area contributed by atoms with E-state index >= 15 is 0 Å². The van der Waals surface area contributed by atoms with E-state index in [0.29, 0.717) is 5.56 Å². The smallest absolute Gasteiger partial charge is 0.338 e. The van der Waals surface area contributed by atoms with E-state index in [9.17, 15) is 19.7 Å². The van der Waals surface area contributed by atoms with Crippen LogP contribution in [0.5, 0.6) is 0 Å². The minimum atomic E-state index is -0.816. The second kappa shape index (κ2) is 5.55. The van der Waals surface area contributed by atoms with Crippen LogP contribution in [0.2, 0.25) is 0 Å². The van der Waals surface area contributed by atoms with Crippen LogP contribution in [0, 0.1) is 10.1 Å². The highest BCUT2D eigenvalue weighted by molar-refractivity contribution is 5.94. The molecule has 0 aromatic heterocycles. The molecule has 0 unspecified atom stereocenters. The zero-order chi connectivity index (χ0) is 12.8. The summed E-state index contributed by atoms with van der Waals surface area (Å²) in [6.45, 7) is 1.11. The van der Waals surface area contributed by atoms with Crippen LogP contribution >= 0.6 is 0 Å². The zero-order valence-electron chi connectivity index (χ0n) is 8.95. The van der Waals surface area contributed by atoms with E-state index in [1.807, 2.05) is 0 Å². The Morgan fingerprint density at radius 3 is 2.71 bits per heavy atom. The van der Waals surface area contributed by atoms with Crippen LogP contribution in [0.15, 0.2) is 30.3 Å². The van der Waals surface area contributed by atoms with Crippen molar-refractivity contribution in [3.63, 3.8) is 0 Å². The van der Waals surface area contributed by atoms with Crippen LogP contribution < -0.4 is 0 Å². The molecule has 1 aromatic rings. The number of esters is 2. The number of hydrogen-bond donors (Lipinski definition) is 0. The molecule has 0 radical (unpaired) electrons. The first kappa shape index (κ1) is 12.6. The number of hydrogen-bond acceptors (Lipinski definition) is 5. The molecule has 0 N–H and O–H groups in total. The van der Waals surface area contributed by atoms with E-state index in [2.05, 4.69) is 4.74 Å². The summed E-state index contributed by atoms with van der Waals surface area (Å²) in [5, 5.41) is 10.5. The number of nitrogens with zero attached hydrogens (tertiary/aromatic N) is 1. The Balaban J connectivity index is 2.78. The molecule has 0 fully saturated rings. The second-order valence-electron chi connectivity index (χ2n) is 3.10. The van der Waals surface area contributed by atoms with Crippen LogP contribution in [-0.4, -0.2) is 16.9 Å². The Kier molecular flexibility index (Phi) is 4.10. The molecule has 1 aromatic carbocycles. The SMILES string of the molecule is CC(=O)OC(=O)C=Cc1cccc([N+](=O)[O-])c1. The summed E-state index contributed by atoms with van der Waals surface area (Å²) in [6.07, 6.45) is 2.36. The monoisotopic (exact) mass is 235 g/mol. The van der Waals surface area contributed by atoms with E-state index < -0.39 is 16.9 Å². The lowest BCUT2D eigenvalue weighted by Crippen LogP contribution is -2.05. The summed E-state index contributed by atoms with van der Waals surface area (Å²) >= 11 is 0. The van der Waals surface area contributed by atoms with Gasteiger partial charge in [-0.2, -0.15) is 0 Å². The van der Waals surface area contributed by atoms with Crippen LogP contribution in [-0.2, 0) is 14.3 Å². The van der Waals surface area contributed by atoms with Crippen LogP contribution in [0.4, 0.5) is 5.69 Å². The molecule has 0 saturated carbocycles. The maximum Gasteiger partial charge on any atom is 0.338 e. The van der Waals surface area contributed by atoms with Gasteiger partial charge in [0.15, 0.2) is 0 Å². The maximum atomic E-state index is 11.0. The average Bonchev–Trinajstić information content (AvgIpc) is 2.26. The fourth-order valence-corrected chi connectivity index (χ4v) is 1.08. The minimum absolute atomic E-state index is 0.0768. The lowest BCUT2D eigenvalue weighted by Gasteiger charge is -1.95. The predicted molar refractivity (Wildman–Crippen MR) is 58.9 cm³/mol. The summed E-state index contributed by atoms with van der Waals surface area (Å²) in [5.74, 6) is -1.53. The molecular formula is C11H9NO5. The van der Waals surface area contributed by atoms with Gasteiger partial charge in [0.25, 0.3) is 5.69 Å². The lowest BCUT2D eigenvalue weighted by atomic mass is 10.2. The van der Waals surface area contributed by atoms with Crippen molar-refractivity contribution in [3.05, 3.63) is 46.0 Å². The Hall–Kier alpha value is -2.50. The largest absolute Gasteiger partial charge is 0.390 e. The third-order valence-electron chi connectivity index (χ3n) is 1.74. The summed E-state index contributed by atoms with van der Waals surface area (Å²) < 4.78 is 4.25. The van der Waals surface area contributed by atoms with Crippen molar-refractivity contribution in [1.29, 1.82) is 0 Å². The Bertz CT molecular complexity index is 492. The first-order chi connectivity index (χ1) is 7.99. The molecule has 0 saturated heterocycles. The van der Waals surface area contributed by atoms with Gasteiger partial charge in [-0.3, -0.25) is 14.9 Å². The third-order valence-corrected chi connectivity index (χ3v) is 1.74. The highest BCUT2D eigenvalue weighted by Gasteiger charge is 2.04. The van der Waals surface area contributed by atoms with E-state index in [1.54, 1.807) is 6.07 Å². The number of non-ortho nitro benzene ring substituents is 1. The molecule has 1 rings (SSSR count). The highest BCUT2D eigenvalue weighted by Crippen LogP contribution is 2.14. The molecule has 0 aliphatic heterocycles. The number of carbonyl (C=O) groups excluding carboxylic acids is 2. The van der Waals surface area contributed by atoms with Crippen molar-refractivity contribution in [2.45, 2.75) is 6.92 Å². The Morgan fingerprint density at radius 2 is 2.12 bits per heavy atom. The summed E-state index contributed by atoms with van der Waals surface area (Å²) in [6, 6.07) is 5.72. The molecular weight excluding hydrogens is 226 g/mol. The van der Waals surface area contributed by atoms with Crippen LogP contribution in [0.1, 0.15) is 12.5 Å².